The molecule has 3 nitrogen and oxygen atoms in total. The average Bonchev–Trinajstić information content (AvgIpc) is 2.37. The number of hydrogen-bond acceptors (Lipinski definition) is 3. The Labute approximate surface area is 127 Å². The number of benzene rings is 1. The van der Waals surface area contributed by atoms with Crippen LogP contribution in [-0.4, -0.2) is 36.6 Å². The lowest BCUT2D eigenvalue weighted by Gasteiger charge is -2.43. The maximum absolute atomic E-state index is 6.42. The Kier molecular flexibility index (Phi) is 4.62. The van der Waals surface area contributed by atoms with Crippen molar-refractivity contribution in [2.45, 2.75) is 39.3 Å². The van der Waals surface area contributed by atoms with Gasteiger partial charge in [-0.1, -0.05) is 17.7 Å². The van der Waals surface area contributed by atoms with Crippen LogP contribution in [-0.2, 0) is 0 Å². The van der Waals surface area contributed by atoms with Gasteiger partial charge in [0, 0.05) is 37.8 Å². The first kappa shape index (κ1) is 15.6. The zero-order valence-electron chi connectivity index (χ0n) is 13.0. The van der Waals surface area contributed by atoms with E-state index in [1.165, 1.54) is 0 Å². The third-order valence-corrected chi connectivity index (χ3v) is 4.37. The number of nitrogens with zero attached hydrogens (tertiary/aromatic N) is 2. The van der Waals surface area contributed by atoms with Crippen LogP contribution in [0.25, 0.3) is 0 Å². The van der Waals surface area contributed by atoms with Crippen LogP contribution in [0.2, 0.25) is 5.02 Å². The zero-order valence-corrected chi connectivity index (χ0v) is 13.7. The van der Waals surface area contributed by atoms with E-state index in [0.717, 1.165) is 42.5 Å². The summed E-state index contributed by atoms with van der Waals surface area (Å²) >= 11 is 6.42. The minimum Gasteiger partial charge on any atom is -0.368 e. The summed E-state index contributed by atoms with van der Waals surface area (Å²) in [4.78, 5) is 4.89. The van der Waals surface area contributed by atoms with Gasteiger partial charge < -0.3 is 10.6 Å². The Morgan fingerprint density at radius 2 is 1.75 bits per heavy atom. The molecule has 0 bridgehead atoms. The van der Waals surface area contributed by atoms with Gasteiger partial charge in [-0.25, -0.2) is 0 Å². The molecule has 0 radical (unpaired) electrons. The quantitative estimate of drug-likeness (QED) is 0.909. The van der Waals surface area contributed by atoms with Gasteiger partial charge in [-0.05, 0) is 45.4 Å². The summed E-state index contributed by atoms with van der Waals surface area (Å²) in [5.41, 5.74) is 8.36. The molecule has 0 spiro atoms. The monoisotopic (exact) mass is 295 g/mol. The lowest BCUT2D eigenvalue weighted by molar-refractivity contribution is 0.128. The van der Waals surface area contributed by atoms with Crippen molar-refractivity contribution in [2.24, 2.45) is 5.73 Å². The summed E-state index contributed by atoms with van der Waals surface area (Å²) in [6.45, 7) is 13.0. The average molecular weight is 296 g/mol. The molecular weight excluding hydrogens is 270 g/mol. The molecule has 4 heteroatoms. The van der Waals surface area contributed by atoms with E-state index in [9.17, 15) is 0 Å². The molecule has 112 valence electrons. The van der Waals surface area contributed by atoms with Gasteiger partial charge in [0.25, 0.3) is 0 Å². The van der Waals surface area contributed by atoms with Crippen molar-refractivity contribution >= 4 is 17.3 Å². The van der Waals surface area contributed by atoms with Crippen LogP contribution in [0.4, 0.5) is 5.69 Å². The number of anilines is 1. The predicted molar refractivity (Wildman–Crippen MR) is 87.6 cm³/mol. The number of piperazine rings is 1. The van der Waals surface area contributed by atoms with Gasteiger partial charge >= 0.3 is 0 Å². The molecular formula is C16H26ClN3. The fraction of sp³-hybridized carbons (Fsp3) is 0.625. The molecule has 0 amide bonds. The molecule has 1 aromatic rings. The Morgan fingerprint density at radius 3 is 2.20 bits per heavy atom. The van der Waals surface area contributed by atoms with Gasteiger partial charge in [-0.2, -0.15) is 0 Å². The summed E-state index contributed by atoms with van der Waals surface area (Å²) in [6, 6.07) is 6.22. The van der Waals surface area contributed by atoms with Crippen LogP contribution < -0.4 is 10.6 Å². The number of halogens is 1. The molecule has 0 aliphatic carbocycles. The van der Waals surface area contributed by atoms with Gasteiger partial charge in [-0.15, -0.1) is 0 Å². The third-order valence-electron chi connectivity index (χ3n) is 4.07. The molecule has 1 aromatic carbocycles. The van der Waals surface area contributed by atoms with E-state index in [1.54, 1.807) is 0 Å². The van der Waals surface area contributed by atoms with Crippen LogP contribution in [0, 0.1) is 0 Å². The van der Waals surface area contributed by atoms with E-state index in [1.807, 2.05) is 13.0 Å². The number of rotatable bonds is 2. The molecule has 2 rings (SSSR count). The third kappa shape index (κ3) is 3.46. The highest BCUT2D eigenvalue weighted by Crippen LogP contribution is 2.30. The van der Waals surface area contributed by atoms with E-state index in [4.69, 9.17) is 17.3 Å². The lowest BCUT2D eigenvalue weighted by atomic mass is 10.0. The molecule has 1 atom stereocenters. The van der Waals surface area contributed by atoms with Crippen molar-refractivity contribution in [3.63, 3.8) is 0 Å². The first-order chi connectivity index (χ1) is 9.29. The van der Waals surface area contributed by atoms with Crippen molar-refractivity contribution in [3.05, 3.63) is 28.8 Å². The van der Waals surface area contributed by atoms with Crippen LogP contribution in [0.5, 0.6) is 0 Å². The molecule has 1 fully saturated rings. The smallest absolute Gasteiger partial charge is 0.0642 e. The standard InChI is InChI=1S/C16H26ClN3/c1-12(18)13-5-6-15(14(17)11-13)19-7-9-20(10-8-19)16(2,3)4/h5-6,11-12H,7-10,18H2,1-4H3/t12-/m1/s1. The summed E-state index contributed by atoms with van der Waals surface area (Å²) in [7, 11) is 0. The van der Waals surface area contributed by atoms with E-state index in [-0.39, 0.29) is 11.6 Å². The highest BCUT2D eigenvalue weighted by atomic mass is 35.5. The number of nitrogens with two attached hydrogens (primary N) is 1. The molecule has 0 saturated carbocycles. The summed E-state index contributed by atoms with van der Waals surface area (Å²) in [6.07, 6.45) is 0. The summed E-state index contributed by atoms with van der Waals surface area (Å²) in [5, 5.41) is 0.809. The van der Waals surface area contributed by atoms with Gasteiger partial charge in [0.2, 0.25) is 0 Å². The highest BCUT2D eigenvalue weighted by Gasteiger charge is 2.26. The first-order valence-electron chi connectivity index (χ1n) is 7.34. The maximum atomic E-state index is 6.42. The Hall–Kier alpha value is -0.770. The van der Waals surface area contributed by atoms with Crippen molar-refractivity contribution in [1.82, 2.24) is 4.90 Å². The van der Waals surface area contributed by atoms with E-state index < -0.39 is 0 Å². The fourth-order valence-corrected chi connectivity index (χ4v) is 2.99. The van der Waals surface area contributed by atoms with Gasteiger partial charge in [0.15, 0.2) is 0 Å². The topological polar surface area (TPSA) is 32.5 Å². The zero-order chi connectivity index (χ0) is 14.9. The largest absolute Gasteiger partial charge is 0.368 e. The Bertz CT molecular complexity index is 457. The summed E-state index contributed by atoms with van der Waals surface area (Å²) in [5.74, 6) is 0. The molecule has 0 unspecified atom stereocenters. The molecule has 1 heterocycles. The Morgan fingerprint density at radius 1 is 1.15 bits per heavy atom. The van der Waals surface area contributed by atoms with Gasteiger partial charge in [-0.3, -0.25) is 4.90 Å². The second kappa shape index (κ2) is 5.92. The van der Waals surface area contributed by atoms with Crippen molar-refractivity contribution in [1.29, 1.82) is 0 Å². The highest BCUT2D eigenvalue weighted by molar-refractivity contribution is 6.33. The lowest BCUT2D eigenvalue weighted by Crippen LogP contribution is -2.53. The van der Waals surface area contributed by atoms with E-state index >= 15 is 0 Å². The minimum atomic E-state index is 0.0271. The van der Waals surface area contributed by atoms with Crippen LogP contribution in [0.3, 0.4) is 0 Å². The van der Waals surface area contributed by atoms with Crippen molar-refractivity contribution in [3.8, 4) is 0 Å². The normalized spacial score (nSPS) is 19.2. The first-order valence-corrected chi connectivity index (χ1v) is 7.72. The van der Waals surface area contributed by atoms with Crippen molar-refractivity contribution < 1.29 is 0 Å². The molecule has 1 aliphatic rings. The SMILES string of the molecule is C[C@@H](N)c1ccc(N2CCN(C(C)(C)C)CC2)c(Cl)c1. The van der Waals surface area contributed by atoms with Gasteiger partial charge in [0.1, 0.15) is 0 Å². The van der Waals surface area contributed by atoms with Gasteiger partial charge in [0.05, 0.1) is 10.7 Å². The second-order valence-corrected chi connectivity index (χ2v) is 7.05. The second-order valence-electron chi connectivity index (χ2n) is 6.64. The molecule has 2 N–H and O–H groups in total. The maximum Gasteiger partial charge on any atom is 0.0642 e. The van der Waals surface area contributed by atoms with Crippen LogP contribution in [0.1, 0.15) is 39.3 Å². The number of hydrogen-bond donors (Lipinski definition) is 1. The van der Waals surface area contributed by atoms with E-state index in [2.05, 4.69) is 42.7 Å². The minimum absolute atomic E-state index is 0.0271. The molecule has 1 aliphatic heterocycles. The fourth-order valence-electron chi connectivity index (χ4n) is 2.68. The predicted octanol–water partition coefficient (Wildman–Crippen LogP) is 3.28. The molecule has 0 aromatic heterocycles. The van der Waals surface area contributed by atoms with Crippen molar-refractivity contribution in [2.75, 3.05) is 31.1 Å². The van der Waals surface area contributed by atoms with Crippen LogP contribution in [0.15, 0.2) is 18.2 Å². The molecule has 1 saturated heterocycles. The summed E-state index contributed by atoms with van der Waals surface area (Å²) < 4.78 is 0. The molecule has 20 heavy (non-hydrogen) atoms. The van der Waals surface area contributed by atoms with E-state index in [0.29, 0.717) is 0 Å². The van der Waals surface area contributed by atoms with Crippen LogP contribution >= 0.6 is 11.6 Å². The Balaban J connectivity index is 2.07.